The Labute approximate surface area is 164 Å². The van der Waals surface area contributed by atoms with E-state index in [1.807, 2.05) is 24.3 Å². The van der Waals surface area contributed by atoms with Crippen LogP contribution in [0.4, 0.5) is 0 Å². The molecule has 0 aliphatic rings. The molecular formula is C22H24ClN3O. The Bertz CT molecular complexity index is 968. The first-order chi connectivity index (χ1) is 12.8. The molecule has 0 bridgehead atoms. The summed E-state index contributed by atoms with van der Waals surface area (Å²) in [5.74, 6) is -0.452. The monoisotopic (exact) mass is 381 g/mol. The van der Waals surface area contributed by atoms with Crippen LogP contribution in [0.25, 0.3) is 0 Å². The molecule has 0 saturated heterocycles. The number of nitrogens with zero attached hydrogens (tertiary/aromatic N) is 1. The summed E-state index contributed by atoms with van der Waals surface area (Å²) in [4.78, 5) is 12.1. The maximum Gasteiger partial charge on any atom is 0.252 e. The topological polar surface area (TPSA) is 71.8 Å². The molecule has 5 heteroatoms. The second-order valence-corrected chi connectivity index (χ2v) is 7.49. The number of rotatable bonds is 6. The van der Waals surface area contributed by atoms with Crippen LogP contribution in [0.2, 0.25) is 5.02 Å². The first-order valence-electron chi connectivity index (χ1n) is 9.02. The van der Waals surface area contributed by atoms with Gasteiger partial charge >= 0.3 is 0 Å². The predicted octanol–water partition coefficient (Wildman–Crippen LogP) is 4.46. The summed E-state index contributed by atoms with van der Waals surface area (Å²) < 4.78 is 0. The normalized spacial score (nSPS) is 11.0. The van der Waals surface area contributed by atoms with Crippen molar-refractivity contribution in [3.63, 3.8) is 0 Å². The van der Waals surface area contributed by atoms with Crippen molar-refractivity contribution in [2.45, 2.75) is 40.0 Å². The van der Waals surface area contributed by atoms with Crippen LogP contribution in [-0.2, 0) is 19.3 Å². The fraction of sp³-hybridized carbons (Fsp3) is 0.273. The van der Waals surface area contributed by atoms with E-state index in [4.69, 9.17) is 17.3 Å². The molecular weight excluding hydrogens is 358 g/mol. The van der Waals surface area contributed by atoms with Crippen LogP contribution in [0.3, 0.4) is 0 Å². The van der Waals surface area contributed by atoms with Gasteiger partial charge in [0, 0.05) is 11.4 Å². The van der Waals surface area contributed by atoms with E-state index >= 15 is 0 Å². The molecule has 0 spiro atoms. The predicted molar refractivity (Wildman–Crippen MR) is 109 cm³/mol. The van der Waals surface area contributed by atoms with Crippen LogP contribution < -0.4 is 5.73 Å². The van der Waals surface area contributed by atoms with Gasteiger partial charge in [0.15, 0.2) is 0 Å². The fourth-order valence-corrected chi connectivity index (χ4v) is 3.62. The maximum atomic E-state index is 12.1. The number of hydrogen-bond acceptors (Lipinski definition) is 2. The van der Waals surface area contributed by atoms with Gasteiger partial charge in [0.2, 0.25) is 0 Å². The molecule has 3 N–H and O–H groups in total. The number of nitrogens with one attached hydrogen (secondary N) is 1. The molecule has 1 amide bonds. The van der Waals surface area contributed by atoms with E-state index in [1.165, 1.54) is 22.3 Å². The number of amides is 1. The van der Waals surface area contributed by atoms with E-state index in [9.17, 15) is 4.79 Å². The summed E-state index contributed by atoms with van der Waals surface area (Å²) in [6, 6.07) is 12.0. The Kier molecular flexibility index (Phi) is 5.66. The second kappa shape index (κ2) is 7.97. The Morgan fingerprint density at radius 3 is 2.41 bits per heavy atom. The average Bonchev–Trinajstić information content (AvgIpc) is 3.00. The van der Waals surface area contributed by atoms with Crippen molar-refractivity contribution in [3.05, 3.63) is 86.2 Å². The summed E-state index contributed by atoms with van der Waals surface area (Å²) in [5, 5.41) is 8.04. The summed E-state index contributed by atoms with van der Waals surface area (Å²) >= 11 is 6.06. The highest BCUT2D eigenvalue weighted by molar-refractivity contribution is 6.30. The lowest BCUT2D eigenvalue weighted by molar-refractivity contribution is 0.0998. The molecule has 27 heavy (non-hydrogen) atoms. The van der Waals surface area contributed by atoms with Gasteiger partial charge in [0.25, 0.3) is 5.91 Å². The first-order valence-corrected chi connectivity index (χ1v) is 9.40. The standard InChI is InChI=1S/C22H24ClN3O/c1-13-9-17(10-14(2)15(13)3)7-8-19-21(22(24)27)20(26-25-19)12-16-5-4-6-18(23)11-16/h4-6,9-11H,7-8,12H2,1-3H3,(H2,24,27)(H,25,26). The van der Waals surface area contributed by atoms with E-state index in [0.717, 1.165) is 23.4 Å². The lowest BCUT2D eigenvalue weighted by Gasteiger charge is -2.09. The number of carbonyl (C=O) groups excluding carboxylic acids is 1. The van der Waals surface area contributed by atoms with Crippen molar-refractivity contribution in [1.29, 1.82) is 0 Å². The summed E-state index contributed by atoms with van der Waals surface area (Å²) in [5.41, 5.74) is 13.7. The fourth-order valence-electron chi connectivity index (χ4n) is 3.40. The van der Waals surface area contributed by atoms with Crippen LogP contribution in [0, 0.1) is 20.8 Å². The minimum absolute atomic E-state index is 0.452. The third-order valence-electron chi connectivity index (χ3n) is 5.07. The van der Waals surface area contributed by atoms with Gasteiger partial charge in [0.05, 0.1) is 17.0 Å². The molecule has 3 rings (SSSR count). The third-order valence-corrected chi connectivity index (χ3v) is 5.30. The third kappa shape index (κ3) is 4.40. The first kappa shape index (κ1) is 19.2. The van der Waals surface area contributed by atoms with Gasteiger partial charge in [-0.1, -0.05) is 35.9 Å². The summed E-state index contributed by atoms with van der Waals surface area (Å²) in [6.45, 7) is 6.38. The number of primary amides is 1. The van der Waals surface area contributed by atoms with Crippen molar-refractivity contribution in [2.24, 2.45) is 5.73 Å². The van der Waals surface area contributed by atoms with Crippen molar-refractivity contribution < 1.29 is 4.79 Å². The van der Waals surface area contributed by atoms with Crippen LogP contribution in [0.1, 0.15) is 49.6 Å². The quantitative estimate of drug-likeness (QED) is 0.661. The number of aromatic nitrogens is 2. The lowest BCUT2D eigenvalue weighted by Crippen LogP contribution is -2.15. The second-order valence-electron chi connectivity index (χ2n) is 7.05. The van der Waals surface area contributed by atoms with Crippen molar-refractivity contribution in [2.75, 3.05) is 0 Å². The lowest BCUT2D eigenvalue weighted by atomic mass is 9.96. The number of benzene rings is 2. The molecule has 0 saturated carbocycles. The number of aromatic amines is 1. The summed E-state index contributed by atoms with van der Waals surface area (Å²) in [7, 11) is 0. The van der Waals surface area contributed by atoms with Crippen molar-refractivity contribution >= 4 is 17.5 Å². The Balaban J connectivity index is 1.82. The molecule has 1 aromatic heterocycles. The Hall–Kier alpha value is -2.59. The van der Waals surface area contributed by atoms with E-state index in [0.29, 0.717) is 23.4 Å². The zero-order valence-corrected chi connectivity index (χ0v) is 16.7. The van der Waals surface area contributed by atoms with Gasteiger partial charge in [-0.25, -0.2) is 0 Å². The zero-order chi connectivity index (χ0) is 19.6. The van der Waals surface area contributed by atoms with Gasteiger partial charge in [-0.15, -0.1) is 0 Å². The van der Waals surface area contributed by atoms with E-state index in [2.05, 4.69) is 43.1 Å². The highest BCUT2D eigenvalue weighted by Crippen LogP contribution is 2.21. The molecule has 0 fully saturated rings. The summed E-state index contributed by atoms with van der Waals surface area (Å²) in [6.07, 6.45) is 2.00. The molecule has 140 valence electrons. The number of aryl methyl sites for hydroxylation is 4. The van der Waals surface area contributed by atoms with E-state index in [-0.39, 0.29) is 0 Å². The maximum absolute atomic E-state index is 12.1. The molecule has 0 aliphatic heterocycles. The Morgan fingerprint density at radius 1 is 1.07 bits per heavy atom. The molecule has 4 nitrogen and oxygen atoms in total. The number of hydrogen-bond donors (Lipinski definition) is 2. The molecule has 2 aromatic carbocycles. The van der Waals surface area contributed by atoms with Crippen molar-refractivity contribution in [3.8, 4) is 0 Å². The molecule has 3 aromatic rings. The highest BCUT2D eigenvalue weighted by Gasteiger charge is 2.18. The van der Waals surface area contributed by atoms with Gasteiger partial charge in [-0.2, -0.15) is 5.10 Å². The molecule has 1 heterocycles. The highest BCUT2D eigenvalue weighted by atomic mass is 35.5. The number of nitrogens with two attached hydrogens (primary N) is 1. The van der Waals surface area contributed by atoms with Gasteiger partial charge in [-0.3, -0.25) is 9.89 Å². The molecule has 0 radical (unpaired) electrons. The van der Waals surface area contributed by atoms with E-state index < -0.39 is 5.91 Å². The Morgan fingerprint density at radius 2 is 1.78 bits per heavy atom. The minimum atomic E-state index is -0.452. The van der Waals surface area contributed by atoms with Gasteiger partial charge in [-0.05, 0) is 73.6 Å². The van der Waals surface area contributed by atoms with Gasteiger partial charge < -0.3 is 5.73 Å². The molecule has 0 atom stereocenters. The zero-order valence-electron chi connectivity index (χ0n) is 15.9. The van der Waals surface area contributed by atoms with Crippen LogP contribution in [-0.4, -0.2) is 16.1 Å². The molecule has 0 unspecified atom stereocenters. The van der Waals surface area contributed by atoms with E-state index in [1.54, 1.807) is 0 Å². The smallest absolute Gasteiger partial charge is 0.252 e. The number of halogens is 1. The van der Waals surface area contributed by atoms with Crippen molar-refractivity contribution in [1.82, 2.24) is 10.2 Å². The average molecular weight is 382 g/mol. The van der Waals surface area contributed by atoms with Crippen LogP contribution in [0.5, 0.6) is 0 Å². The largest absolute Gasteiger partial charge is 0.365 e. The number of H-pyrrole nitrogens is 1. The number of carbonyl (C=O) groups is 1. The molecule has 0 aliphatic carbocycles. The van der Waals surface area contributed by atoms with Crippen LogP contribution >= 0.6 is 11.6 Å². The van der Waals surface area contributed by atoms with Crippen LogP contribution in [0.15, 0.2) is 36.4 Å². The SMILES string of the molecule is Cc1cc(CCc2n[nH]c(Cc3cccc(Cl)c3)c2C(N)=O)cc(C)c1C. The minimum Gasteiger partial charge on any atom is -0.365 e. The van der Waals surface area contributed by atoms with Gasteiger partial charge in [0.1, 0.15) is 0 Å².